The van der Waals surface area contributed by atoms with Gasteiger partial charge in [0.2, 0.25) is 5.91 Å². The van der Waals surface area contributed by atoms with E-state index in [4.69, 9.17) is 0 Å². The summed E-state index contributed by atoms with van der Waals surface area (Å²) in [5, 5.41) is 6.81. The molecule has 1 aromatic heterocycles. The Hall–Kier alpha value is -2.43. The summed E-state index contributed by atoms with van der Waals surface area (Å²) in [4.78, 5) is 11.5. The number of benzene rings is 1. The summed E-state index contributed by atoms with van der Waals surface area (Å²) in [5.74, 6) is -0.566. The highest BCUT2D eigenvalue weighted by atomic mass is 19.1. The fourth-order valence-electron chi connectivity index (χ4n) is 1.72. The zero-order valence-electron chi connectivity index (χ0n) is 11.0. The van der Waals surface area contributed by atoms with Crippen molar-refractivity contribution in [2.24, 2.45) is 0 Å². The maximum atomic E-state index is 13.3. The number of nitrogens with zero attached hydrogens (tertiary/aromatic N) is 2. The van der Waals surface area contributed by atoms with E-state index in [1.807, 2.05) is 12.3 Å². The molecule has 20 heavy (non-hydrogen) atoms. The molecule has 1 N–H and O–H groups in total. The van der Waals surface area contributed by atoms with E-state index in [2.05, 4.69) is 10.4 Å². The molecule has 4 nitrogen and oxygen atoms in total. The van der Waals surface area contributed by atoms with Gasteiger partial charge in [-0.1, -0.05) is 18.2 Å². The van der Waals surface area contributed by atoms with Crippen LogP contribution in [0, 0.1) is 5.82 Å². The summed E-state index contributed by atoms with van der Waals surface area (Å²) in [6, 6.07) is 8.18. The van der Waals surface area contributed by atoms with Crippen LogP contribution in [-0.4, -0.2) is 22.2 Å². The number of hydrogen-bond donors (Lipinski definition) is 1. The molecule has 0 aliphatic carbocycles. The van der Waals surface area contributed by atoms with Crippen LogP contribution >= 0.6 is 0 Å². The Labute approximate surface area is 116 Å². The number of aromatic nitrogens is 2. The zero-order valence-corrected chi connectivity index (χ0v) is 11.0. The summed E-state index contributed by atoms with van der Waals surface area (Å²) < 4.78 is 15.1. The first-order valence-corrected chi connectivity index (χ1v) is 6.43. The van der Waals surface area contributed by atoms with Crippen LogP contribution in [0.1, 0.15) is 12.0 Å². The van der Waals surface area contributed by atoms with Crippen molar-refractivity contribution in [3.63, 3.8) is 0 Å². The SMILES string of the molecule is O=C(/C=C/c1ccccc1F)NCCCn1cccn1. The zero-order chi connectivity index (χ0) is 14.2. The van der Waals surface area contributed by atoms with Crippen LogP contribution in [-0.2, 0) is 11.3 Å². The second-order valence-corrected chi connectivity index (χ2v) is 4.27. The Morgan fingerprint density at radius 1 is 1.35 bits per heavy atom. The second kappa shape index (κ2) is 7.23. The van der Waals surface area contributed by atoms with E-state index in [1.165, 1.54) is 18.2 Å². The molecule has 1 amide bonds. The molecular formula is C15H16FN3O. The van der Waals surface area contributed by atoms with Crippen LogP contribution in [0.15, 0.2) is 48.8 Å². The number of aryl methyl sites for hydroxylation is 1. The smallest absolute Gasteiger partial charge is 0.244 e. The van der Waals surface area contributed by atoms with Crippen molar-refractivity contribution in [2.75, 3.05) is 6.54 Å². The van der Waals surface area contributed by atoms with Gasteiger partial charge in [0.05, 0.1) is 0 Å². The minimum Gasteiger partial charge on any atom is -0.352 e. The van der Waals surface area contributed by atoms with Gasteiger partial charge in [0.15, 0.2) is 0 Å². The van der Waals surface area contributed by atoms with Crippen molar-refractivity contribution in [2.45, 2.75) is 13.0 Å². The lowest BCUT2D eigenvalue weighted by atomic mass is 10.2. The van der Waals surface area contributed by atoms with Gasteiger partial charge in [0, 0.05) is 37.1 Å². The maximum Gasteiger partial charge on any atom is 0.244 e. The topological polar surface area (TPSA) is 46.9 Å². The van der Waals surface area contributed by atoms with Crippen molar-refractivity contribution >= 4 is 12.0 Å². The Morgan fingerprint density at radius 3 is 2.95 bits per heavy atom. The van der Waals surface area contributed by atoms with Gasteiger partial charge in [-0.25, -0.2) is 4.39 Å². The van der Waals surface area contributed by atoms with E-state index in [0.29, 0.717) is 12.1 Å². The largest absolute Gasteiger partial charge is 0.352 e. The first-order chi connectivity index (χ1) is 9.75. The third kappa shape index (κ3) is 4.35. The minimum atomic E-state index is -0.338. The molecule has 0 radical (unpaired) electrons. The minimum absolute atomic E-state index is 0.228. The molecule has 0 saturated heterocycles. The lowest BCUT2D eigenvalue weighted by Crippen LogP contribution is -2.23. The highest BCUT2D eigenvalue weighted by Gasteiger charge is 1.98. The average Bonchev–Trinajstić information content (AvgIpc) is 2.96. The normalized spacial score (nSPS) is 10.8. The van der Waals surface area contributed by atoms with Gasteiger partial charge in [-0.3, -0.25) is 9.48 Å². The Bertz CT molecular complexity index is 579. The standard InChI is InChI=1S/C15H16FN3O/c16-14-6-2-1-5-13(14)7-8-15(20)17-9-3-11-19-12-4-10-18-19/h1-2,4-8,10,12H,3,9,11H2,(H,17,20)/b8-7+. The van der Waals surface area contributed by atoms with E-state index in [0.717, 1.165) is 13.0 Å². The van der Waals surface area contributed by atoms with E-state index in [1.54, 1.807) is 29.1 Å². The third-order valence-corrected chi connectivity index (χ3v) is 2.74. The fraction of sp³-hybridized carbons (Fsp3) is 0.200. The third-order valence-electron chi connectivity index (χ3n) is 2.74. The van der Waals surface area contributed by atoms with Gasteiger partial charge in [-0.2, -0.15) is 5.10 Å². The number of nitrogens with one attached hydrogen (secondary N) is 1. The number of amides is 1. The van der Waals surface area contributed by atoms with Crippen molar-refractivity contribution in [3.05, 3.63) is 60.2 Å². The predicted octanol–water partition coefficient (Wildman–Crippen LogP) is 2.24. The Kier molecular flexibility index (Phi) is 5.06. The molecule has 2 rings (SSSR count). The lowest BCUT2D eigenvalue weighted by Gasteiger charge is -2.02. The van der Waals surface area contributed by atoms with Crippen LogP contribution < -0.4 is 5.32 Å². The van der Waals surface area contributed by atoms with E-state index in [9.17, 15) is 9.18 Å². The molecule has 1 aromatic carbocycles. The molecule has 0 fully saturated rings. The summed E-state index contributed by atoms with van der Waals surface area (Å²) in [5.41, 5.74) is 0.402. The van der Waals surface area contributed by atoms with Gasteiger partial charge in [-0.15, -0.1) is 0 Å². The molecular weight excluding hydrogens is 257 g/mol. The molecule has 104 valence electrons. The van der Waals surface area contributed by atoms with Gasteiger partial charge in [-0.05, 0) is 24.6 Å². The van der Waals surface area contributed by atoms with Crippen LogP contribution in [0.2, 0.25) is 0 Å². The molecule has 0 atom stereocenters. The molecule has 0 unspecified atom stereocenters. The molecule has 5 heteroatoms. The molecule has 0 aliphatic heterocycles. The van der Waals surface area contributed by atoms with Gasteiger partial charge >= 0.3 is 0 Å². The lowest BCUT2D eigenvalue weighted by molar-refractivity contribution is -0.116. The summed E-state index contributed by atoms with van der Waals surface area (Å²) >= 11 is 0. The Balaban J connectivity index is 1.71. The molecule has 0 saturated carbocycles. The first-order valence-electron chi connectivity index (χ1n) is 6.43. The van der Waals surface area contributed by atoms with Crippen LogP contribution in [0.4, 0.5) is 4.39 Å². The summed E-state index contributed by atoms with van der Waals surface area (Å²) in [6.45, 7) is 1.31. The average molecular weight is 273 g/mol. The molecule has 1 heterocycles. The number of carbonyl (C=O) groups is 1. The second-order valence-electron chi connectivity index (χ2n) is 4.27. The fourth-order valence-corrected chi connectivity index (χ4v) is 1.72. The Morgan fingerprint density at radius 2 is 2.20 bits per heavy atom. The van der Waals surface area contributed by atoms with Crippen molar-refractivity contribution < 1.29 is 9.18 Å². The van der Waals surface area contributed by atoms with Crippen molar-refractivity contribution in [3.8, 4) is 0 Å². The maximum absolute atomic E-state index is 13.3. The van der Waals surface area contributed by atoms with Crippen LogP contribution in [0.5, 0.6) is 0 Å². The van der Waals surface area contributed by atoms with E-state index in [-0.39, 0.29) is 11.7 Å². The van der Waals surface area contributed by atoms with Crippen molar-refractivity contribution in [1.29, 1.82) is 0 Å². The highest BCUT2D eigenvalue weighted by molar-refractivity contribution is 5.91. The van der Waals surface area contributed by atoms with Gasteiger partial charge in [0.25, 0.3) is 0 Å². The van der Waals surface area contributed by atoms with E-state index >= 15 is 0 Å². The monoisotopic (exact) mass is 273 g/mol. The summed E-state index contributed by atoms with van der Waals surface area (Å²) in [6.07, 6.45) is 7.20. The van der Waals surface area contributed by atoms with E-state index < -0.39 is 0 Å². The van der Waals surface area contributed by atoms with Gasteiger partial charge < -0.3 is 5.32 Å². The number of hydrogen-bond acceptors (Lipinski definition) is 2. The van der Waals surface area contributed by atoms with Crippen LogP contribution in [0.3, 0.4) is 0 Å². The highest BCUT2D eigenvalue weighted by Crippen LogP contribution is 2.07. The predicted molar refractivity (Wildman–Crippen MR) is 75.3 cm³/mol. The molecule has 0 bridgehead atoms. The van der Waals surface area contributed by atoms with Crippen LogP contribution in [0.25, 0.3) is 6.08 Å². The van der Waals surface area contributed by atoms with Gasteiger partial charge in [0.1, 0.15) is 5.82 Å². The molecule has 0 spiro atoms. The van der Waals surface area contributed by atoms with Crippen molar-refractivity contribution in [1.82, 2.24) is 15.1 Å². The number of halogens is 1. The summed E-state index contributed by atoms with van der Waals surface area (Å²) in [7, 11) is 0. The number of carbonyl (C=O) groups excluding carboxylic acids is 1. The number of rotatable bonds is 6. The first kappa shape index (κ1) is 14.0. The molecule has 0 aliphatic rings. The molecule has 2 aromatic rings. The quantitative estimate of drug-likeness (QED) is 0.648.